The highest BCUT2D eigenvalue weighted by Gasteiger charge is 2.08. The first-order valence-corrected chi connectivity index (χ1v) is 6.71. The predicted molar refractivity (Wildman–Crippen MR) is 79.5 cm³/mol. The number of pyridine rings is 1. The van der Waals surface area contributed by atoms with Crippen LogP contribution in [0.25, 0.3) is 0 Å². The standard InChI is InChI=1S/C15H16ClN3O/c1-11(13-5-7-17-8-6-13)19-15(20)18-10-12-3-2-4-14(16)9-12/h2-9,11H,10H2,1H3,(H2,18,19,20). The number of rotatable bonds is 4. The van der Waals surface area contributed by atoms with Crippen molar-refractivity contribution in [2.45, 2.75) is 19.5 Å². The minimum Gasteiger partial charge on any atom is -0.334 e. The van der Waals surface area contributed by atoms with Crippen LogP contribution in [0.1, 0.15) is 24.1 Å². The molecule has 0 spiro atoms. The zero-order valence-electron chi connectivity index (χ0n) is 11.1. The summed E-state index contributed by atoms with van der Waals surface area (Å²) in [4.78, 5) is 15.8. The number of nitrogens with one attached hydrogen (secondary N) is 2. The average Bonchev–Trinajstić information content (AvgIpc) is 2.46. The summed E-state index contributed by atoms with van der Waals surface area (Å²) in [5.74, 6) is 0. The topological polar surface area (TPSA) is 54.0 Å². The molecule has 1 unspecified atom stereocenters. The Morgan fingerprint density at radius 1 is 1.30 bits per heavy atom. The molecule has 2 rings (SSSR count). The highest BCUT2D eigenvalue weighted by molar-refractivity contribution is 6.30. The number of nitrogens with zero attached hydrogens (tertiary/aromatic N) is 1. The molecule has 0 aliphatic heterocycles. The first kappa shape index (κ1) is 14.3. The van der Waals surface area contributed by atoms with Crippen molar-refractivity contribution in [2.24, 2.45) is 0 Å². The molecular weight excluding hydrogens is 274 g/mol. The Kier molecular flexibility index (Phi) is 4.96. The molecule has 104 valence electrons. The summed E-state index contributed by atoms with van der Waals surface area (Å²) in [5.41, 5.74) is 1.97. The highest BCUT2D eigenvalue weighted by Crippen LogP contribution is 2.11. The molecule has 2 amide bonds. The molecule has 4 nitrogen and oxygen atoms in total. The molecule has 0 saturated carbocycles. The summed E-state index contributed by atoms with van der Waals surface area (Å²) >= 11 is 5.89. The smallest absolute Gasteiger partial charge is 0.315 e. The molecule has 2 N–H and O–H groups in total. The van der Waals surface area contributed by atoms with E-state index < -0.39 is 0 Å². The second kappa shape index (κ2) is 6.91. The van der Waals surface area contributed by atoms with E-state index in [2.05, 4.69) is 15.6 Å². The summed E-state index contributed by atoms with van der Waals surface area (Å²) in [6.45, 7) is 2.36. The first-order valence-electron chi connectivity index (χ1n) is 6.34. The van der Waals surface area contributed by atoms with Gasteiger partial charge in [0, 0.05) is 24.0 Å². The first-order chi connectivity index (χ1) is 9.65. The van der Waals surface area contributed by atoms with Crippen LogP contribution in [-0.2, 0) is 6.54 Å². The fraction of sp³-hybridized carbons (Fsp3) is 0.200. The van der Waals surface area contributed by atoms with Gasteiger partial charge < -0.3 is 10.6 Å². The van der Waals surface area contributed by atoms with Crippen LogP contribution >= 0.6 is 11.6 Å². The zero-order chi connectivity index (χ0) is 14.4. The Hall–Kier alpha value is -2.07. The van der Waals surface area contributed by atoms with Crippen molar-refractivity contribution in [2.75, 3.05) is 0 Å². The Balaban J connectivity index is 1.84. The van der Waals surface area contributed by atoms with Gasteiger partial charge in [0.25, 0.3) is 0 Å². The lowest BCUT2D eigenvalue weighted by molar-refractivity contribution is 0.237. The Morgan fingerprint density at radius 2 is 2.05 bits per heavy atom. The van der Waals surface area contributed by atoms with Gasteiger partial charge in [-0.1, -0.05) is 23.7 Å². The molecule has 0 aliphatic carbocycles. The Labute approximate surface area is 123 Å². The lowest BCUT2D eigenvalue weighted by atomic mass is 10.1. The van der Waals surface area contributed by atoms with Crippen LogP contribution in [0.3, 0.4) is 0 Å². The molecule has 2 aromatic rings. The predicted octanol–water partition coefficient (Wildman–Crippen LogP) is 3.30. The normalized spacial score (nSPS) is 11.7. The van der Waals surface area contributed by atoms with Crippen molar-refractivity contribution < 1.29 is 4.79 Å². The van der Waals surface area contributed by atoms with Gasteiger partial charge in [0.15, 0.2) is 0 Å². The molecule has 20 heavy (non-hydrogen) atoms. The third-order valence-electron chi connectivity index (χ3n) is 2.90. The van der Waals surface area contributed by atoms with Crippen LogP contribution in [0.4, 0.5) is 4.79 Å². The van der Waals surface area contributed by atoms with E-state index in [9.17, 15) is 4.79 Å². The van der Waals surface area contributed by atoms with Crippen LogP contribution in [0.5, 0.6) is 0 Å². The number of hydrogen-bond acceptors (Lipinski definition) is 2. The average molecular weight is 290 g/mol. The highest BCUT2D eigenvalue weighted by atomic mass is 35.5. The van der Waals surface area contributed by atoms with Crippen molar-refractivity contribution in [1.29, 1.82) is 0 Å². The SMILES string of the molecule is CC(NC(=O)NCc1cccc(Cl)c1)c1ccncc1. The van der Waals surface area contributed by atoms with Gasteiger partial charge in [0.05, 0.1) is 6.04 Å². The van der Waals surface area contributed by atoms with E-state index in [0.29, 0.717) is 11.6 Å². The molecule has 1 atom stereocenters. The van der Waals surface area contributed by atoms with Crippen LogP contribution < -0.4 is 10.6 Å². The fourth-order valence-electron chi connectivity index (χ4n) is 1.81. The minimum absolute atomic E-state index is 0.0719. The van der Waals surface area contributed by atoms with Gasteiger partial charge in [0.1, 0.15) is 0 Å². The van der Waals surface area contributed by atoms with Crippen LogP contribution in [0.15, 0.2) is 48.8 Å². The molecule has 1 aromatic heterocycles. The summed E-state index contributed by atoms with van der Waals surface area (Å²) in [7, 11) is 0. The number of aromatic nitrogens is 1. The molecule has 1 aromatic carbocycles. The number of urea groups is 1. The van der Waals surface area contributed by atoms with Gasteiger partial charge in [-0.25, -0.2) is 4.79 Å². The number of halogens is 1. The quantitative estimate of drug-likeness (QED) is 0.907. The summed E-state index contributed by atoms with van der Waals surface area (Å²) < 4.78 is 0. The molecular formula is C15H16ClN3O. The van der Waals surface area contributed by atoms with Crippen LogP contribution in [0.2, 0.25) is 5.02 Å². The summed E-state index contributed by atoms with van der Waals surface area (Å²) in [6.07, 6.45) is 3.41. The number of carbonyl (C=O) groups excluding carboxylic acids is 1. The second-order valence-corrected chi connectivity index (χ2v) is 4.90. The third-order valence-corrected chi connectivity index (χ3v) is 3.13. The van der Waals surface area contributed by atoms with Crippen LogP contribution in [-0.4, -0.2) is 11.0 Å². The number of benzene rings is 1. The number of carbonyl (C=O) groups is 1. The molecule has 0 fully saturated rings. The van der Waals surface area contributed by atoms with E-state index in [1.165, 1.54) is 0 Å². The summed E-state index contributed by atoms with van der Waals surface area (Å²) in [6, 6.07) is 10.9. The van der Waals surface area contributed by atoms with Crippen molar-refractivity contribution in [1.82, 2.24) is 15.6 Å². The zero-order valence-corrected chi connectivity index (χ0v) is 11.9. The number of hydrogen-bond donors (Lipinski definition) is 2. The second-order valence-electron chi connectivity index (χ2n) is 4.46. The minimum atomic E-state index is -0.214. The molecule has 0 bridgehead atoms. The van der Waals surface area contributed by atoms with Crippen molar-refractivity contribution in [3.63, 3.8) is 0 Å². The van der Waals surface area contributed by atoms with Gasteiger partial charge in [-0.3, -0.25) is 4.98 Å². The maximum atomic E-state index is 11.8. The Morgan fingerprint density at radius 3 is 2.75 bits per heavy atom. The lowest BCUT2D eigenvalue weighted by Crippen LogP contribution is -2.36. The molecule has 1 heterocycles. The van der Waals surface area contributed by atoms with Crippen LogP contribution in [0, 0.1) is 0 Å². The summed E-state index contributed by atoms with van der Waals surface area (Å²) in [5, 5.41) is 6.33. The van der Waals surface area contributed by atoms with Crippen molar-refractivity contribution >= 4 is 17.6 Å². The largest absolute Gasteiger partial charge is 0.334 e. The van der Waals surface area contributed by atoms with Gasteiger partial charge in [-0.2, -0.15) is 0 Å². The maximum Gasteiger partial charge on any atom is 0.315 e. The molecule has 0 saturated heterocycles. The molecule has 0 aliphatic rings. The van der Waals surface area contributed by atoms with Crippen molar-refractivity contribution in [3.8, 4) is 0 Å². The van der Waals surface area contributed by atoms with E-state index in [1.54, 1.807) is 18.5 Å². The van der Waals surface area contributed by atoms with E-state index in [-0.39, 0.29) is 12.1 Å². The van der Waals surface area contributed by atoms with Gasteiger partial charge in [-0.05, 0) is 42.3 Å². The van der Waals surface area contributed by atoms with Gasteiger partial charge in [-0.15, -0.1) is 0 Å². The van der Waals surface area contributed by atoms with Crippen molar-refractivity contribution in [3.05, 3.63) is 64.9 Å². The van der Waals surface area contributed by atoms with Gasteiger partial charge >= 0.3 is 6.03 Å². The maximum absolute atomic E-state index is 11.8. The van der Waals surface area contributed by atoms with E-state index in [4.69, 9.17) is 11.6 Å². The fourth-order valence-corrected chi connectivity index (χ4v) is 2.03. The Bertz CT molecular complexity index is 574. The van der Waals surface area contributed by atoms with E-state index in [1.807, 2.05) is 37.3 Å². The third kappa shape index (κ3) is 4.24. The van der Waals surface area contributed by atoms with E-state index in [0.717, 1.165) is 11.1 Å². The monoisotopic (exact) mass is 289 g/mol. The van der Waals surface area contributed by atoms with E-state index >= 15 is 0 Å². The molecule has 5 heteroatoms. The van der Waals surface area contributed by atoms with Gasteiger partial charge in [0.2, 0.25) is 0 Å². The molecule has 0 radical (unpaired) electrons. The number of amides is 2. The lowest BCUT2D eigenvalue weighted by Gasteiger charge is -2.14.